The Morgan fingerprint density at radius 3 is 2.69 bits per heavy atom. The summed E-state index contributed by atoms with van der Waals surface area (Å²) in [6.45, 7) is 2.24. The lowest BCUT2D eigenvalue weighted by Gasteiger charge is -2.13. The van der Waals surface area contributed by atoms with Gasteiger partial charge in [-0.15, -0.1) is 0 Å². The molecule has 2 N–H and O–H groups in total. The molecule has 1 saturated heterocycles. The lowest BCUT2D eigenvalue weighted by Crippen LogP contribution is -2.24. The van der Waals surface area contributed by atoms with E-state index in [4.69, 9.17) is 0 Å². The first-order valence-electron chi connectivity index (χ1n) is 10.5. The quantitative estimate of drug-likeness (QED) is 0.487. The number of rotatable bonds is 5. The van der Waals surface area contributed by atoms with Gasteiger partial charge in [0.25, 0.3) is 5.91 Å². The number of para-hydroxylation sites is 2. The number of aromatic amines is 1. The van der Waals surface area contributed by atoms with E-state index in [1.807, 2.05) is 55.5 Å². The molecule has 0 aliphatic carbocycles. The van der Waals surface area contributed by atoms with Gasteiger partial charge >= 0.3 is 0 Å². The van der Waals surface area contributed by atoms with E-state index in [0.717, 1.165) is 27.9 Å². The second-order valence-electron chi connectivity index (χ2n) is 8.17. The van der Waals surface area contributed by atoms with Crippen LogP contribution in [0.3, 0.4) is 0 Å². The van der Waals surface area contributed by atoms with E-state index < -0.39 is 9.84 Å². The van der Waals surface area contributed by atoms with Crippen LogP contribution in [0.4, 0.5) is 0 Å². The molecule has 0 bridgehead atoms. The largest absolute Gasteiger partial charge is 0.343 e. The van der Waals surface area contributed by atoms with Gasteiger partial charge in [0.2, 0.25) is 0 Å². The Bertz CT molecular complexity index is 1370. The average molecular weight is 450 g/mol. The molecule has 2 aromatic heterocycles. The van der Waals surface area contributed by atoms with E-state index in [9.17, 15) is 13.2 Å². The fraction of sp³-hybridized carbons (Fsp3) is 0.261. The van der Waals surface area contributed by atoms with E-state index in [0.29, 0.717) is 12.2 Å². The third kappa shape index (κ3) is 4.03. The molecule has 2 aromatic carbocycles. The molecule has 4 aromatic rings. The number of aromatic nitrogens is 4. The highest BCUT2D eigenvalue weighted by atomic mass is 32.2. The molecule has 0 spiro atoms. The molecule has 164 valence electrons. The first kappa shape index (κ1) is 20.4. The number of carbonyl (C=O) groups excluding carboxylic acids is 1. The van der Waals surface area contributed by atoms with Crippen LogP contribution in [0.5, 0.6) is 0 Å². The molecular formula is C23H23N5O3S. The number of H-pyrrole nitrogens is 1. The van der Waals surface area contributed by atoms with Crippen LogP contribution in [-0.2, 0) is 16.4 Å². The number of carbonyl (C=O) groups is 1. The third-order valence-electron chi connectivity index (χ3n) is 5.72. The first-order valence-corrected chi connectivity index (χ1v) is 12.3. The maximum absolute atomic E-state index is 12.9. The number of hydrogen-bond donors (Lipinski definition) is 2. The number of imidazole rings is 1. The summed E-state index contributed by atoms with van der Waals surface area (Å²) in [5.74, 6) is 0.490. The lowest BCUT2D eigenvalue weighted by molar-refractivity contribution is 0.0944. The Hall–Kier alpha value is -3.46. The molecule has 0 saturated carbocycles. The van der Waals surface area contributed by atoms with Crippen LogP contribution in [0.2, 0.25) is 0 Å². The van der Waals surface area contributed by atoms with Crippen molar-refractivity contribution in [3.63, 3.8) is 0 Å². The minimum Gasteiger partial charge on any atom is -0.343 e. The zero-order chi connectivity index (χ0) is 22.3. The zero-order valence-electron chi connectivity index (χ0n) is 17.6. The van der Waals surface area contributed by atoms with Crippen molar-refractivity contribution in [1.29, 1.82) is 0 Å². The van der Waals surface area contributed by atoms with Crippen LogP contribution < -0.4 is 5.32 Å². The van der Waals surface area contributed by atoms with Crippen molar-refractivity contribution in [2.24, 2.45) is 0 Å². The highest BCUT2D eigenvalue weighted by Gasteiger charge is 2.32. The molecule has 5 rings (SSSR count). The van der Waals surface area contributed by atoms with Gasteiger partial charge in [-0.2, -0.15) is 5.10 Å². The minimum absolute atomic E-state index is 0.0353. The summed E-state index contributed by atoms with van der Waals surface area (Å²) in [4.78, 5) is 20.5. The third-order valence-corrected chi connectivity index (χ3v) is 7.48. The number of fused-ring (bicyclic) bond motifs is 1. The number of nitrogens with zero attached hydrogens (tertiary/aromatic N) is 3. The molecule has 9 heteroatoms. The Morgan fingerprint density at radius 2 is 1.97 bits per heavy atom. The lowest BCUT2D eigenvalue weighted by atomic mass is 10.1. The van der Waals surface area contributed by atoms with Crippen LogP contribution in [0.1, 0.15) is 34.3 Å². The highest BCUT2D eigenvalue weighted by molar-refractivity contribution is 7.91. The van der Waals surface area contributed by atoms with Gasteiger partial charge in [0.05, 0.1) is 40.8 Å². The summed E-state index contributed by atoms with van der Waals surface area (Å²) in [7, 11) is -3.09. The van der Waals surface area contributed by atoms with Gasteiger partial charge < -0.3 is 10.3 Å². The van der Waals surface area contributed by atoms with E-state index >= 15 is 0 Å². The maximum Gasteiger partial charge on any atom is 0.272 e. The van der Waals surface area contributed by atoms with Crippen molar-refractivity contribution < 1.29 is 13.2 Å². The van der Waals surface area contributed by atoms with E-state index in [1.165, 1.54) is 0 Å². The molecular weight excluding hydrogens is 426 g/mol. The van der Waals surface area contributed by atoms with Crippen molar-refractivity contribution >= 4 is 26.8 Å². The van der Waals surface area contributed by atoms with E-state index in [-0.39, 0.29) is 35.7 Å². The Morgan fingerprint density at radius 1 is 1.19 bits per heavy atom. The number of benzene rings is 2. The summed E-state index contributed by atoms with van der Waals surface area (Å²) in [6, 6.07) is 17.0. The molecule has 1 fully saturated rings. The van der Waals surface area contributed by atoms with Gasteiger partial charge in [0, 0.05) is 0 Å². The SMILES string of the molecule is Cc1ccc(-c2cc(C(=O)NCc3nc4ccccc4[nH]3)nn2C2CCS(=O)(=O)C2)cc1. The van der Waals surface area contributed by atoms with Crippen molar-refractivity contribution in [2.75, 3.05) is 11.5 Å². The van der Waals surface area contributed by atoms with Crippen molar-refractivity contribution in [1.82, 2.24) is 25.1 Å². The van der Waals surface area contributed by atoms with Crippen LogP contribution >= 0.6 is 0 Å². The fourth-order valence-electron chi connectivity index (χ4n) is 4.04. The molecule has 3 heterocycles. The minimum atomic E-state index is -3.09. The van der Waals surface area contributed by atoms with Crippen molar-refractivity contribution in [3.05, 3.63) is 71.7 Å². The van der Waals surface area contributed by atoms with Gasteiger partial charge in [-0.3, -0.25) is 9.48 Å². The van der Waals surface area contributed by atoms with Crippen LogP contribution in [0, 0.1) is 6.92 Å². The van der Waals surface area contributed by atoms with Gasteiger partial charge in [0.1, 0.15) is 5.82 Å². The Kier molecular flexibility index (Phi) is 5.05. The van der Waals surface area contributed by atoms with Gasteiger partial charge in [0.15, 0.2) is 15.5 Å². The van der Waals surface area contributed by atoms with E-state index in [2.05, 4.69) is 20.4 Å². The Balaban J connectivity index is 1.42. The predicted octanol–water partition coefficient (Wildman–Crippen LogP) is 3.02. The average Bonchev–Trinajstić information content (AvgIpc) is 3.48. The molecule has 1 amide bonds. The summed E-state index contributed by atoms with van der Waals surface area (Å²) < 4.78 is 25.8. The fourth-order valence-corrected chi connectivity index (χ4v) is 5.73. The monoisotopic (exact) mass is 449 g/mol. The standard InChI is InChI=1S/C23H23N5O3S/c1-15-6-8-16(9-7-15)21-12-20(27-28(21)17-10-11-32(30,31)14-17)23(29)24-13-22-25-18-4-2-3-5-19(18)26-22/h2-9,12,17H,10-11,13-14H2,1H3,(H,24,29)(H,25,26). The van der Waals surface area contributed by atoms with E-state index in [1.54, 1.807) is 10.7 Å². The summed E-state index contributed by atoms with van der Waals surface area (Å²) >= 11 is 0. The molecule has 32 heavy (non-hydrogen) atoms. The predicted molar refractivity (Wildman–Crippen MR) is 122 cm³/mol. The molecule has 8 nitrogen and oxygen atoms in total. The van der Waals surface area contributed by atoms with Crippen LogP contribution in [-0.4, -0.2) is 45.6 Å². The number of hydrogen-bond acceptors (Lipinski definition) is 5. The topological polar surface area (TPSA) is 110 Å². The molecule has 1 unspecified atom stereocenters. The van der Waals surface area contributed by atoms with Crippen LogP contribution in [0.25, 0.3) is 22.3 Å². The van der Waals surface area contributed by atoms with Gasteiger partial charge in [-0.25, -0.2) is 13.4 Å². The van der Waals surface area contributed by atoms with Crippen LogP contribution in [0.15, 0.2) is 54.6 Å². The molecule has 0 radical (unpaired) electrons. The number of aryl methyl sites for hydroxylation is 1. The van der Waals surface area contributed by atoms with Crippen molar-refractivity contribution in [2.45, 2.75) is 25.9 Å². The normalized spacial score (nSPS) is 17.6. The number of amides is 1. The molecule has 1 atom stereocenters. The molecule has 1 aliphatic rings. The second kappa shape index (κ2) is 7.90. The Labute approximate surface area is 185 Å². The zero-order valence-corrected chi connectivity index (χ0v) is 18.4. The summed E-state index contributed by atoms with van der Waals surface area (Å²) in [5, 5.41) is 7.38. The number of sulfone groups is 1. The second-order valence-corrected chi connectivity index (χ2v) is 10.4. The highest BCUT2D eigenvalue weighted by Crippen LogP contribution is 2.30. The van der Waals surface area contributed by atoms with Gasteiger partial charge in [-0.1, -0.05) is 42.0 Å². The maximum atomic E-state index is 12.9. The summed E-state index contributed by atoms with van der Waals surface area (Å²) in [6.07, 6.45) is 0.489. The van der Waals surface area contributed by atoms with Gasteiger partial charge in [-0.05, 0) is 37.1 Å². The smallest absolute Gasteiger partial charge is 0.272 e. The summed E-state index contributed by atoms with van der Waals surface area (Å²) in [5.41, 5.74) is 4.74. The number of nitrogens with one attached hydrogen (secondary N) is 2. The first-order chi connectivity index (χ1) is 15.4. The van der Waals surface area contributed by atoms with Crippen molar-refractivity contribution in [3.8, 4) is 11.3 Å². The molecule has 1 aliphatic heterocycles.